The lowest BCUT2D eigenvalue weighted by molar-refractivity contribution is -0.146. The number of rotatable bonds is 7. The Morgan fingerprint density at radius 1 is 1.07 bits per heavy atom. The molecule has 0 radical (unpaired) electrons. The molecule has 0 fully saturated rings. The maximum atomic E-state index is 12.5. The molecule has 0 saturated heterocycles. The summed E-state index contributed by atoms with van der Waals surface area (Å²) >= 11 is 5.78. The first kappa shape index (κ1) is 21.1. The summed E-state index contributed by atoms with van der Waals surface area (Å²) in [5.41, 5.74) is 1.27. The summed E-state index contributed by atoms with van der Waals surface area (Å²) < 4.78 is 31.0. The number of likely N-dealkylation sites (N-methyl/N-ethyl adjacent to an activating group) is 1. The third-order valence-corrected chi connectivity index (χ3v) is 5.96. The number of carbonyl (C=O) groups excluding carboxylic acids is 2. The van der Waals surface area contributed by atoms with Gasteiger partial charge in [-0.15, -0.1) is 0 Å². The van der Waals surface area contributed by atoms with E-state index in [4.69, 9.17) is 16.3 Å². The van der Waals surface area contributed by atoms with Gasteiger partial charge < -0.3 is 4.74 Å². The van der Waals surface area contributed by atoms with Crippen LogP contribution in [0.3, 0.4) is 0 Å². The van der Waals surface area contributed by atoms with Gasteiger partial charge in [0.2, 0.25) is 15.8 Å². The summed E-state index contributed by atoms with van der Waals surface area (Å²) in [5, 5.41) is 0.485. The van der Waals surface area contributed by atoms with Crippen LogP contribution in [0.5, 0.6) is 0 Å². The smallest absolute Gasteiger partial charge is 0.322 e. The fraction of sp³-hybridized carbons (Fsp3) is 0.263. The van der Waals surface area contributed by atoms with Crippen molar-refractivity contribution in [3.05, 3.63) is 64.7 Å². The van der Waals surface area contributed by atoms with Gasteiger partial charge in [0.1, 0.15) is 6.54 Å². The highest BCUT2D eigenvalue weighted by Gasteiger charge is 2.26. The molecule has 0 unspecified atom stereocenters. The number of Topliss-reactive ketones (excluding diaryl/α,β-unsaturated/α-hetero) is 1. The van der Waals surface area contributed by atoms with Crippen molar-refractivity contribution in [2.45, 2.75) is 24.8 Å². The minimum absolute atomic E-state index is 0.0775. The van der Waals surface area contributed by atoms with Gasteiger partial charge in [0.25, 0.3) is 0 Å². The van der Waals surface area contributed by atoms with Crippen molar-refractivity contribution in [2.24, 2.45) is 0 Å². The molecule has 0 aliphatic carbocycles. The number of esters is 1. The first-order chi connectivity index (χ1) is 12.6. The van der Waals surface area contributed by atoms with Gasteiger partial charge >= 0.3 is 5.97 Å². The number of hydrogen-bond acceptors (Lipinski definition) is 5. The van der Waals surface area contributed by atoms with Gasteiger partial charge in [-0.2, -0.15) is 4.31 Å². The van der Waals surface area contributed by atoms with E-state index in [1.807, 2.05) is 6.92 Å². The summed E-state index contributed by atoms with van der Waals surface area (Å²) in [6.07, 6.45) is -1.05. The molecule has 6 nitrogen and oxygen atoms in total. The molecular weight excluding hydrogens is 390 g/mol. The fourth-order valence-corrected chi connectivity index (χ4v) is 3.54. The summed E-state index contributed by atoms with van der Waals surface area (Å²) in [6, 6.07) is 12.5. The maximum absolute atomic E-state index is 12.5. The zero-order chi connectivity index (χ0) is 20.2. The van der Waals surface area contributed by atoms with Crippen molar-refractivity contribution in [2.75, 3.05) is 13.6 Å². The van der Waals surface area contributed by atoms with Crippen LogP contribution in [0.1, 0.15) is 22.8 Å². The third-order valence-electron chi connectivity index (χ3n) is 3.89. The van der Waals surface area contributed by atoms with Crippen molar-refractivity contribution in [1.82, 2.24) is 4.31 Å². The normalized spacial score (nSPS) is 12.6. The van der Waals surface area contributed by atoms with E-state index in [9.17, 15) is 18.0 Å². The van der Waals surface area contributed by atoms with Crippen LogP contribution in [0, 0.1) is 6.92 Å². The second kappa shape index (κ2) is 8.65. The molecule has 0 aliphatic heterocycles. The first-order valence-electron chi connectivity index (χ1n) is 8.13. The van der Waals surface area contributed by atoms with E-state index in [-0.39, 0.29) is 4.90 Å². The second-order valence-electron chi connectivity index (χ2n) is 6.08. The number of hydrogen-bond donors (Lipinski definition) is 0. The molecule has 0 amide bonds. The van der Waals surface area contributed by atoms with Crippen LogP contribution in [0.4, 0.5) is 0 Å². The number of nitrogens with zero attached hydrogens (tertiary/aromatic N) is 1. The highest BCUT2D eigenvalue weighted by Crippen LogP contribution is 2.16. The predicted octanol–water partition coefficient (Wildman–Crippen LogP) is 3.08. The van der Waals surface area contributed by atoms with E-state index in [1.54, 1.807) is 24.3 Å². The molecule has 0 aromatic heterocycles. The third kappa shape index (κ3) is 5.38. The number of aryl methyl sites for hydroxylation is 1. The van der Waals surface area contributed by atoms with Crippen LogP contribution in [-0.2, 0) is 19.6 Å². The number of ketones is 1. The van der Waals surface area contributed by atoms with Gasteiger partial charge in [-0.1, -0.05) is 29.3 Å². The number of benzene rings is 2. The monoisotopic (exact) mass is 409 g/mol. The molecule has 2 aromatic rings. The molecule has 144 valence electrons. The molecule has 0 saturated carbocycles. The van der Waals surface area contributed by atoms with Gasteiger partial charge in [-0.3, -0.25) is 9.59 Å². The Balaban J connectivity index is 2.00. The number of halogens is 1. The second-order valence-corrected chi connectivity index (χ2v) is 8.56. The van der Waals surface area contributed by atoms with Crippen LogP contribution in [-0.4, -0.2) is 44.2 Å². The Labute approximate surface area is 163 Å². The minimum Gasteiger partial charge on any atom is -0.453 e. The SMILES string of the molecule is Cc1ccc(S(=O)(=O)N(C)CC(=O)O[C@H](C)C(=O)c2ccc(Cl)cc2)cc1. The van der Waals surface area contributed by atoms with Gasteiger partial charge in [0.15, 0.2) is 6.10 Å². The summed E-state index contributed by atoms with van der Waals surface area (Å²) in [7, 11) is -2.55. The van der Waals surface area contributed by atoms with E-state index < -0.39 is 34.4 Å². The number of ether oxygens (including phenoxy) is 1. The Kier molecular flexibility index (Phi) is 6.75. The topological polar surface area (TPSA) is 80.8 Å². The lowest BCUT2D eigenvalue weighted by Gasteiger charge is -2.18. The van der Waals surface area contributed by atoms with Crippen molar-refractivity contribution in [3.63, 3.8) is 0 Å². The maximum Gasteiger partial charge on any atom is 0.322 e. The predicted molar refractivity (Wildman–Crippen MR) is 102 cm³/mol. The van der Waals surface area contributed by atoms with Crippen LogP contribution < -0.4 is 0 Å². The lowest BCUT2D eigenvalue weighted by Crippen LogP contribution is -2.35. The van der Waals surface area contributed by atoms with E-state index in [2.05, 4.69) is 0 Å². The molecule has 27 heavy (non-hydrogen) atoms. The van der Waals surface area contributed by atoms with Gasteiger partial charge in [0, 0.05) is 17.6 Å². The van der Waals surface area contributed by atoms with Gasteiger partial charge in [-0.05, 0) is 50.2 Å². The quantitative estimate of drug-likeness (QED) is 0.518. The van der Waals surface area contributed by atoms with Crippen LogP contribution in [0.15, 0.2) is 53.4 Å². The van der Waals surface area contributed by atoms with E-state index in [0.717, 1.165) is 9.87 Å². The first-order valence-corrected chi connectivity index (χ1v) is 9.95. The average Bonchev–Trinajstić information content (AvgIpc) is 2.61. The lowest BCUT2D eigenvalue weighted by atomic mass is 10.1. The Hall–Kier alpha value is -2.22. The van der Waals surface area contributed by atoms with Crippen molar-refractivity contribution in [1.29, 1.82) is 0 Å². The molecule has 0 aliphatic rings. The number of carbonyl (C=O) groups is 2. The van der Waals surface area contributed by atoms with E-state index in [0.29, 0.717) is 10.6 Å². The zero-order valence-corrected chi connectivity index (χ0v) is 16.8. The number of sulfonamides is 1. The minimum atomic E-state index is -3.83. The zero-order valence-electron chi connectivity index (χ0n) is 15.2. The molecule has 1 atom stereocenters. The summed E-state index contributed by atoms with van der Waals surface area (Å²) in [6.45, 7) is 2.77. The van der Waals surface area contributed by atoms with E-state index >= 15 is 0 Å². The molecule has 8 heteroatoms. The van der Waals surface area contributed by atoms with Gasteiger partial charge in [0.05, 0.1) is 4.90 Å². The van der Waals surface area contributed by atoms with Crippen molar-refractivity contribution >= 4 is 33.4 Å². The molecule has 2 aromatic carbocycles. The molecule has 0 N–H and O–H groups in total. The fourth-order valence-electron chi connectivity index (χ4n) is 2.29. The highest BCUT2D eigenvalue weighted by atomic mass is 35.5. The van der Waals surface area contributed by atoms with Crippen molar-refractivity contribution in [3.8, 4) is 0 Å². The highest BCUT2D eigenvalue weighted by molar-refractivity contribution is 7.89. The largest absolute Gasteiger partial charge is 0.453 e. The van der Waals surface area contributed by atoms with Crippen LogP contribution in [0.25, 0.3) is 0 Å². The Bertz CT molecular complexity index is 924. The van der Waals surface area contributed by atoms with Crippen molar-refractivity contribution < 1.29 is 22.7 Å². The van der Waals surface area contributed by atoms with Crippen LogP contribution >= 0.6 is 11.6 Å². The Morgan fingerprint density at radius 3 is 2.19 bits per heavy atom. The molecule has 0 spiro atoms. The molecule has 2 rings (SSSR count). The van der Waals surface area contributed by atoms with Crippen LogP contribution in [0.2, 0.25) is 5.02 Å². The Morgan fingerprint density at radius 2 is 1.63 bits per heavy atom. The molecule has 0 heterocycles. The average molecular weight is 410 g/mol. The summed E-state index contributed by atoms with van der Waals surface area (Å²) in [4.78, 5) is 24.4. The molecular formula is C19H20ClNO5S. The standard InChI is InChI=1S/C19H20ClNO5S/c1-13-4-10-17(11-5-13)27(24,25)21(3)12-18(22)26-14(2)19(23)15-6-8-16(20)9-7-15/h4-11,14H,12H2,1-3H3/t14-/m1/s1. The van der Waals surface area contributed by atoms with Gasteiger partial charge in [-0.25, -0.2) is 8.42 Å². The van der Waals surface area contributed by atoms with E-state index in [1.165, 1.54) is 38.2 Å². The summed E-state index contributed by atoms with van der Waals surface area (Å²) in [5.74, 6) is -1.22. The molecule has 0 bridgehead atoms.